The van der Waals surface area contributed by atoms with Gasteiger partial charge >= 0.3 is 11.9 Å². The molecule has 1 heterocycles. The van der Waals surface area contributed by atoms with Gasteiger partial charge in [-0.1, -0.05) is 54.6 Å². The average molecular weight is 511 g/mol. The molecule has 5 aromatic rings. The van der Waals surface area contributed by atoms with Crippen molar-refractivity contribution in [3.05, 3.63) is 96.1 Å². The number of para-hydroxylation sites is 2. The Morgan fingerprint density at radius 3 is 2.32 bits per heavy atom. The second kappa shape index (κ2) is 10.2. The van der Waals surface area contributed by atoms with Crippen molar-refractivity contribution in [2.75, 3.05) is 12.4 Å². The topological polar surface area (TPSA) is 94.6 Å². The first-order valence-corrected chi connectivity index (χ1v) is 12.3. The number of carbonyl (C=O) groups is 3. The summed E-state index contributed by atoms with van der Waals surface area (Å²) in [4.78, 5) is 42.9. The molecule has 0 bridgehead atoms. The smallest absolute Gasteiger partial charge is 0.339 e. The molecule has 1 unspecified atom stereocenters. The van der Waals surface area contributed by atoms with Crippen molar-refractivity contribution in [1.82, 2.24) is 4.98 Å². The molecule has 0 radical (unpaired) electrons. The summed E-state index contributed by atoms with van der Waals surface area (Å²) < 4.78 is 11.4. The Labute approximate surface area is 216 Å². The first-order valence-electron chi connectivity index (χ1n) is 11.5. The summed E-state index contributed by atoms with van der Waals surface area (Å²) in [6.07, 6.45) is -1.12. The highest BCUT2D eigenvalue weighted by molar-refractivity contribution is 7.21. The number of hydrogen-bond acceptors (Lipinski definition) is 7. The predicted octanol–water partition coefficient (Wildman–Crippen LogP) is 6.09. The minimum Gasteiger partial charge on any atom is -0.465 e. The number of methoxy groups -OCH3 is 1. The Kier molecular flexibility index (Phi) is 6.66. The number of anilines is 1. The van der Waals surface area contributed by atoms with Crippen molar-refractivity contribution in [3.63, 3.8) is 0 Å². The van der Waals surface area contributed by atoms with Gasteiger partial charge in [0, 0.05) is 10.9 Å². The Bertz CT molecular complexity index is 1620. The molecule has 0 aliphatic carbocycles. The number of aromatic nitrogens is 1. The quantitative estimate of drug-likeness (QED) is 0.278. The zero-order valence-electron chi connectivity index (χ0n) is 20.1. The van der Waals surface area contributed by atoms with Crippen molar-refractivity contribution in [2.24, 2.45) is 0 Å². The molecule has 4 aromatic carbocycles. The van der Waals surface area contributed by atoms with Crippen molar-refractivity contribution in [1.29, 1.82) is 0 Å². The Morgan fingerprint density at radius 1 is 0.838 bits per heavy atom. The third kappa shape index (κ3) is 4.79. The highest BCUT2D eigenvalue weighted by Gasteiger charge is 2.23. The summed E-state index contributed by atoms with van der Waals surface area (Å²) in [6, 6.07) is 25.5. The van der Waals surface area contributed by atoms with E-state index in [4.69, 9.17) is 14.5 Å². The zero-order valence-corrected chi connectivity index (χ0v) is 20.9. The van der Waals surface area contributed by atoms with Gasteiger partial charge in [0.15, 0.2) is 6.10 Å². The fourth-order valence-corrected chi connectivity index (χ4v) is 5.07. The van der Waals surface area contributed by atoms with Crippen LogP contribution in [0.1, 0.15) is 27.6 Å². The van der Waals surface area contributed by atoms with Gasteiger partial charge in [-0.05, 0) is 42.6 Å². The van der Waals surface area contributed by atoms with Crippen molar-refractivity contribution >= 4 is 55.9 Å². The lowest BCUT2D eigenvalue weighted by Crippen LogP contribution is -2.30. The predicted molar refractivity (Wildman–Crippen MR) is 144 cm³/mol. The average Bonchev–Trinajstić information content (AvgIpc) is 3.36. The minimum atomic E-state index is -1.12. The first-order chi connectivity index (χ1) is 18.0. The SMILES string of the molecule is COC(=O)c1ccccc1NC(=O)C(C)OC(=O)c1cccc2cccc(-c3nc4ccccc4s3)c12. The van der Waals surface area contributed by atoms with Gasteiger partial charge in [-0.3, -0.25) is 4.79 Å². The lowest BCUT2D eigenvalue weighted by atomic mass is 9.99. The summed E-state index contributed by atoms with van der Waals surface area (Å²) in [5.41, 5.74) is 2.51. The molecule has 7 nitrogen and oxygen atoms in total. The van der Waals surface area contributed by atoms with Crippen LogP contribution in [0.3, 0.4) is 0 Å². The molecule has 37 heavy (non-hydrogen) atoms. The van der Waals surface area contributed by atoms with Crippen LogP contribution in [-0.2, 0) is 14.3 Å². The van der Waals surface area contributed by atoms with Crippen LogP contribution in [0.2, 0.25) is 0 Å². The second-order valence-electron chi connectivity index (χ2n) is 8.27. The molecule has 184 valence electrons. The molecule has 1 amide bonds. The molecule has 0 spiro atoms. The van der Waals surface area contributed by atoms with Gasteiger partial charge < -0.3 is 14.8 Å². The van der Waals surface area contributed by atoms with E-state index < -0.39 is 23.9 Å². The maximum atomic E-state index is 13.3. The second-order valence-corrected chi connectivity index (χ2v) is 9.30. The van der Waals surface area contributed by atoms with Crippen LogP contribution in [0.25, 0.3) is 31.6 Å². The van der Waals surface area contributed by atoms with E-state index in [2.05, 4.69) is 5.32 Å². The molecule has 0 fully saturated rings. The first kappa shape index (κ1) is 24.1. The number of fused-ring (bicyclic) bond motifs is 2. The van der Waals surface area contributed by atoms with Gasteiger partial charge in [-0.15, -0.1) is 11.3 Å². The molecule has 0 aliphatic heterocycles. The highest BCUT2D eigenvalue weighted by Crippen LogP contribution is 2.36. The Morgan fingerprint density at radius 2 is 1.54 bits per heavy atom. The minimum absolute atomic E-state index is 0.200. The van der Waals surface area contributed by atoms with E-state index in [-0.39, 0.29) is 11.3 Å². The number of benzene rings is 4. The summed E-state index contributed by atoms with van der Waals surface area (Å²) in [5.74, 6) is -1.79. The molecule has 0 saturated heterocycles. The van der Waals surface area contributed by atoms with Gasteiger partial charge in [0.25, 0.3) is 5.91 Å². The summed E-state index contributed by atoms with van der Waals surface area (Å²) >= 11 is 1.55. The number of ether oxygens (including phenoxy) is 2. The highest BCUT2D eigenvalue weighted by atomic mass is 32.1. The number of thiazole rings is 1. The number of carbonyl (C=O) groups excluding carboxylic acids is 3. The monoisotopic (exact) mass is 510 g/mol. The molecule has 0 aliphatic rings. The molecular weight excluding hydrogens is 488 g/mol. The van der Waals surface area contributed by atoms with Gasteiger partial charge in [0.1, 0.15) is 5.01 Å². The van der Waals surface area contributed by atoms with Crippen LogP contribution < -0.4 is 5.32 Å². The van der Waals surface area contributed by atoms with Crippen LogP contribution in [0.4, 0.5) is 5.69 Å². The molecule has 8 heteroatoms. The van der Waals surface area contributed by atoms with E-state index in [1.54, 1.807) is 41.7 Å². The molecule has 1 aromatic heterocycles. The number of esters is 2. The molecular formula is C29H22N2O5S. The molecule has 1 atom stereocenters. The number of rotatable bonds is 6. The van der Waals surface area contributed by atoms with Crippen LogP contribution in [-0.4, -0.2) is 36.0 Å². The molecule has 5 rings (SSSR count). The zero-order chi connectivity index (χ0) is 25.9. The maximum Gasteiger partial charge on any atom is 0.339 e. The molecule has 0 saturated carbocycles. The van der Waals surface area contributed by atoms with E-state index in [9.17, 15) is 14.4 Å². The van der Waals surface area contributed by atoms with E-state index in [0.717, 1.165) is 26.2 Å². The van der Waals surface area contributed by atoms with Crippen LogP contribution in [0, 0.1) is 0 Å². The Balaban J connectivity index is 1.43. The fourth-order valence-electron chi connectivity index (χ4n) is 4.07. The Hall–Kier alpha value is -4.56. The van der Waals surface area contributed by atoms with E-state index >= 15 is 0 Å². The van der Waals surface area contributed by atoms with Gasteiger partial charge in [0.05, 0.1) is 34.1 Å². The fraction of sp³-hybridized carbons (Fsp3) is 0.103. The van der Waals surface area contributed by atoms with Gasteiger partial charge in [-0.25, -0.2) is 14.6 Å². The van der Waals surface area contributed by atoms with Crippen LogP contribution in [0.15, 0.2) is 84.9 Å². The third-order valence-corrected chi connectivity index (χ3v) is 6.96. The number of hydrogen-bond donors (Lipinski definition) is 1. The summed E-state index contributed by atoms with van der Waals surface area (Å²) in [6.45, 7) is 1.48. The number of nitrogens with zero attached hydrogens (tertiary/aromatic N) is 1. The summed E-state index contributed by atoms with van der Waals surface area (Å²) in [5, 5.41) is 5.00. The normalized spacial score (nSPS) is 11.7. The van der Waals surface area contributed by atoms with Gasteiger partial charge in [-0.2, -0.15) is 0 Å². The van der Waals surface area contributed by atoms with E-state index in [0.29, 0.717) is 10.9 Å². The standard InChI is InChI=1S/C29H22N2O5S/c1-17(26(32)30-22-14-4-3-11-19(22)28(33)35-2)36-29(34)21-13-8-10-18-9-7-12-20(25(18)21)27-31-23-15-5-6-16-24(23)37-27/h3-17H,1-2H3,(H,30,32). The number of nitrogens with one attached hydrogen (secondary N) is 1. The lowest BCUT2D eigenvalue weighted by molar-refractivity contribution is -0.123. The van der Waals surface area contributed by atoms with Crippen molar-refractivity contribution in [3.8, 4) is 10.6 Å². The number of amides is 1. The molecule has 1 N–H and O–H groups in total. The largest absolute Gasteiger partial charge is 0.465 e. The van der Waals surface area contributed by atoms with Crippen molar-refractivity contribution < 1.29 is 23.9 Å². The van der Waals surface area contributed by atoms with E-state index in [1.807, 2.05) is 48.5 Å². The van der Waals surface area contributed by atoms with Crippen LogP contribution >= 0.6 is 11.3 Å². The maximum absolute atomic E-state index is 13.3. The third-order valence-electron chi connectivity index (χ3n) is 5.89. The van der Waals surface area contributed by atoms with Crippen molar-refractivity contribution in [2.45, 2.75) is 13.0 Å². The van der Waals surface area contributed by atoms with E-state index in [1.165, 1.54) is 20.1 Å². The van der Waals surface area contributed by atoms with Crippen LogP contribution in [0.5, 0.6) is 0 Å². The summed E-state index contributed by atoms with van der Waals surface area (Å²) in [7, 11) is 1.26. The van der Waals surface area contributed by atoms with Gasteiger partial charge in [0.2, 0.25) is 0 Å². The lowest BCUT2D eigenvalue weighted by Gasteiger charge is -2.16.